The van der Waals surface area contributed by atoms with E-state index in [1.807, 2.05) is 25.1 Å². The average molecular weight is 332 g/mol. The lowest BCUT2D eigenvalue weighted by atomic mass is 10.3. The maximum atomic E-state index is 5.97. The number of benzene rings is 1. The van der Waals surface area contributed by atoms with Crippen molar-refractivity contribution >= 4 is 23.2 Å². The number of pyridine rings is 1. The number of hydrogen-bond donors (Lipinski definition) is 0. The summed E-state index contributed by atoms with van der Waals surface area (Å²) in [5, 5.41) is 0.997. The van der Waals surface area contributed by atoms with Crippen LogP contribution in [0.15, 0.2) is 48.7 Å². The quantitative estimate of drug-likeness (QED) is 0.681. The van der Waals surface area contributed by atoms with Crippen LogP contribution >= 0.6 is 23.2 Å². The zero-order valence-electron chi connectivity index (χ0n) is 11.6. The molecule has 0 radical (unpaired) electrons. The highest BCUT2D eigenvalue weighted by Crippen LogP contribution is 2.28. The van der Waals surface area contributed by atoms with Gasteiger partial charge in [0, 0.05) is 28.0 Å². The van der Waals surface area contributed by atoms with Crippen molar-refractivity contribution in [1.82, 2.24) is 15.0 Å². The van der Waals surface area contributed by atoms with Crippen LogP contribution in [0.5, 0.6) is 11.6 Å². The Morgan fingerprint density at radius 1 is 0.955 bits per heavy atom. The molecule has 0 fully saturated rings. The lowest BCUT2D eigenvalue weighted by Crippen LogP contribution is -1.97. The van der Waals surface area contributed by atoms with E-state index in [-0.39, 0.29) is 0 Å². The Morgan fingerprint density at radius 3 is 2.41 bits per heavy atom. The number of ether oxygens (including phenoxy) is 1. The van der Waals surface area contributed by atoms with Gasteiger partial charge in [-0.1, -0.05) is 29.3 Å². The molecule has 1 aromatic carbocycles. The summed E-state index contributed by atoms with van der Waals surface area (Å²) in [6.07, 6.45) is 1.69. The topological polar surface area (TPSA) is 47.9 Å². The summed E-state index contributed by atoms with van der Waals surface area (Å²) < 4.78 is 5.74. The van der Waals surface area contributed by atoms with Crippen LogP contribution in [0, 0.1) is 6.92 Å². The highest BCUT2D eigenvalue weighted by Gasteiger charge is 2.08. The fraction of sp³-hybridized carbons (Fsp3) is 0.0625. The standard InChI is InChI=1S/C16H11Cl2N3O/c1-10-6-15(22-13-8-11(17)7-12(18)9-13)21-16(20-10)14-4-2-3-5-19-14/h2-9H,1H3. The molecule has 0 bridgehead atoms. The minimum atomic E-state index is 0.409. The molecule has 2 heterocycles. The Balaban J connectivity index is 1.96. The SMILES string of the molecule is Cc1cc(Oc2cc(Cl)cc(Cl)c2)nc(-c2ccccn2)n1. The molecule has 22 heavy (non-hydrogen) atoms. The summed E-state index contributed by atoms with van der Waals surface area (Å²) in [6, 6.07) is 12.3. The lowest BCUT2D eigenvalue weighted by Gasteiger charge is -2.08. The van der Waals surface area contributed by atoms with Gasteiger partial charge in [0.05, 0.1) is 0 Å². The number of nitrogens with zero attached hydrogens (tertiary/aromatic N) is 3. The molecular weight excluding hydrogens is 321 g/mol. The molecule has 0 amide bonds. The van der Waals surface area contributed by atoms with E-state index in [0.717, 1.165) is 5.69 Å². The molecule has 0 aliphatic carbocycles. The third kappa shape index (κ3) is 3.53. The van der Waals surface area contributed by atoms with Crippen molar-refractivity contribution in [2.24, 2.45) is 0 Å². The van der Waals surface area contributed by atoms with Crippen molar-refractivity contribution in [2.45, 2.75) is 6.92 Å². The normalized spacial score (nSPS) is 10.5. The van der Waals surface area contributed by atoms with Crippen LogP contribution in [0.25, 0.3) is 11.5 Å². The summed E-state index contributed by atoms with van der Waals surface area (Å²) >= 11 is 11.9. The molecule has 0 aliphatic rings. The van der Waals surface area contributed by atoms with Gasteiger partial charge >= 0.3 is 0 Å². The predicted octanol–water partition coefficient (Wildman–Crippen LogP) is 4.95. The minimum Gasteiger partial charge on any atom is -0.439 e. The van der Waals surface area contributed by atoms with Crippen molar-refractivity contribution in [2.75, 3.05) is 0 Å². The van der Waals surface area contributed by atoms with Gasteiger partial charge in [0.25, 0.3) is 0 Å². The molecule has 0 atom stereocenters. The molecule has 3 aromatic rings. The second-order valence-corrected chi connectivity index (χ2v) is 5.47. The lowest BCUT2D eigenvalue weighted by molar-refractivity contribution is 0.461. The van der Waals surface area contributed by atoms with E-state index in [2.05, 4.69) is 15.0 Å². The molecule has 0 spiro atoms. The van der Waals surface area contributed by atoms with Gasteiger partial charge in [-0.2, -0.15) is 4.98 Å². The zero-order valence-corrected chi connectivity index (χ0v) is 13.1. The van der Waals surface area contributed by atoms with Crippen molar-refractivity contribution in [3.8, 4) is 23.1 Å². The molecule has 3 rings (SSSR count). The smallest absolute Gasteiger partial charge is 0.223 e. The molecule has 0 aliphatic heterocycles. The summed E-state index contributed by atoms with van der Waals surface area (Å²) in [5.74, 6) is 1.43. The Hall–Kier alpha value is -2.17. The van der Waals surface area contributed by atoms with Crippen molar-refractivity contribution in [3.05, 3.63) is 64.4 Å². The maximum Gasteiger partial charge on any atom is 0.223 e. The highest BCUT2D eigenvalue weighted by molar-refractivity contribution is 6.34. The molecule has 6 heteroatoms. The van der Waals surface area contributed by atoms with E-state index in [1.54, 1.807) is 30.5 Å². The first-order valence-electron chi connectivity index (χ1n) is 6.51. The van der Waals surface area contributed by atoms with E-state index >= 15 is 0 Å². The van der Waals surface area contributed by atoms with E-state index in [4.69, 9.17) is 27.9 Å². The minimum absolute atomic E-state index is 0.409. The third-order valence-electron chi connectivity index (χ3n) is 2.78. The number of aryl methyl sites for hydroxylation is 1. The first kappa shape index (κ1) is 14.8. The van der Waals surface area contributed by atoms with Crippen LogP contribution in [-0.2, 0) is 0 Å². The van der Waals surface area contributed by atoms with E-state index in [1.165, 1.54) is 0 Å². The fourth-order valence-electron chi connectivity index (χ4n) is 1.91. The number of halogens is 2. The molecule has 0 N–H and O–H groups in total. The Kier molecular flexibility index (Phi) is 4.22. The summed E-state index contributed by atoms with van der Waals surface area (Å²) in [6.45, 7) is 1.87. The van der Waals surface area contributed by atoms with Gasteiger partial charge in [-0.3, -0.25) is 4.98 Å². The second-order valence-electron chi connectivity index (χ2n) is 4.59. The number of aromatic nitrogens is 3. The van der Waals surface area contributed by atoms with Crippen LogP contribution in [0.1, 0.15) is 5.69 Å². The highest BCUT2D eigenvalue weighted by atomic mass is 35.5. The molecule has 2 aromatic heterocycles. The molecule has 4 nitrogen and oxygen atoms in total. The molecule has 0 unspecified atom stereocenters. The van der Waals surface area contributed by atoms with Crippen LogP contribution < -0.4 is 4.74 Å². The molecular formula is C16H11Cl2N3O. The summed E-state index contributed by atoms with van der Waals surface area (Å²) in [5.41, 5.74) is 1.46. The fourth-order valence-corrected chi connectivity index (χ4v) is 2.42. The third-order valence-corrected chi connectivity index (χ3v) is 3.22. The Labute approximate surface area is 137 Å². The van der Waals surface area contributed by atoms with Crippen LogP contribution in [0.3, 0.4) is 0 Å². The Morgan fingerprint density at radius 2 is 1.73 bits per heavy atom. The van der Waals surface area contributed by atoms with Gasteiger partial charge < -0.3 is 4.74 Å². The van der Waals surface area contributed by atoms with E-state index < -0.39 is 0 Å². The van der Waals surface area contributed by atoms with Crippen molar-refractivity contribution in [1.29, 1.82) is 0 Å². The predicted molar refractivity (Wildman–Crippen MR) is 86.5 cm³/mol. The van der Waals surface area contributed by atoms with Gasteiger partial charge in [0.1, 0.15) is 11.4 Å². The molecule has 0 saturated carbocycles. The van der Waals surface area contributed by atoms with E-state index in [9.17, 15) is 0 Å². The maximum absolute atomic E-state index is 5.97. The first-order chi connectivity index (χ1) is 10.6. The molecule has 110 valence electrons. The monoisotopic (exact) mass is 331 g/mol. The number of rotatable bonds is 3. The van der Waals surface area contributed by atoms with Crippen molar-refractivity contribution in [3.63, 3.8) is 0 Å². The second kappa shape index (κ2) is 6.30. The summed E-state index contributed by atoms with van der Waals surface area (Å²) in [7, 11) is 0. The van der Waals surface area contributed by atoms with Gasteiger partial charge in [-0.25, -0.2) is 4.98 Å². The van der Waals surface area contributed by atoms with Crippen LogP contribution in [0.4, 0.5) is 0 Å². The number of hydrogen-bond acceptors (Lipinski definition) is 4. The molecule has 0 saturated heterocycles. The van der Waals surface area contributed by atoms with Crippen LogP contribution in [0.2, 0.25) is 10.0 Å². The summed E-state index contributed by atoms with van der Waals surface area (Å²) in [4.78, 5) is 13.0. The van der Waals surface area contributed by atoms with Gasteiger partial charge in [0.15, 0.2) is 5.82 Å². The van der Waals surface area contributed by atoms with Crippen molar-refractivity contribution < 1.29 is 4.74 Å². The van der Waals surface area contributed by atoms with Crippen LogP contribution in [-0.4, -0.2) is 15.0 Å². The average Bonchev–Trinajstić information content (AvgIpc) is 2.46. The largest absolute Gasteiger partial charge is 0.439 e. The first-order valence-corrected chi connectivity index (χ1v) is 7.27. The van der Waals surface area contributed by atoms with Gasteiger partial charge in [-0.05, 0) is 37.3 Å². The zero-order chi connectivity index (χ0) is 15.5. The van der Waals surface area contributed by atoms with E-state index in [0.29, 0.717) is 33.2 Å². The van der Waals surface area contributed by atoms with Gasteiger partial charge in [-0.15, -0.1) is 0 Å². The Bertz CT molecular complexity index is 789. The van der Waals surface area contributed by atoms with Gasteiger partial charge in [0.2, 0.25) is 5.88 Å².